The highest BCUT2D eigenvalue weighted by Gasteiger charge is 2.32. The Morgan fingerprint density at radius 3 is 2.70 bits per heavy atom. The summed E-state index contributed by atoms with van der Waals surface area (Å²) in [6.45, 7) is 2.75. The molecule has 3 aromatic rings. The van der Waals surface area contributed by atoms with E-state index in [1.54, 1.807) is 9.58 Å². The number of benzene rings is 2. The van der Waals surface area contributed by atoms with E-state index in [0.29, 0.717) is 24.7 Å². The predicted molar refractivity (Wildman–Crippen MR) is 96.0 cm³/mol. The van der Waals surface area contributed by atoms with Gasteiger partial charge >= 0.3 is 0 Å². The Hall–Kier alpha value is -3.53. The summed E-state index contributed by atoms with van der Waals surface area (Å²) in [5, 5.41) is 13.4. The van der Waals surface area contributed by atoms with E-state index >= 15 is 0 Å². The second kappa shape index (κ2) is 6.65. The number of nitriles is 1. The van der Waals surface area contributed by atoms with Crippen molar-refractivity contribution < 1.29 is 9.18 Å². The van der Waals surface area contributed by atoms with E-state index in [9.17, 15) is 9.18 Å². The zero-order valence-electron chi connectivity index (χ0n) is 14.6. The number of carbonyl (C=O) groups excluding carboxylic acids is 1. The number of halogens is 1. The van der Waals surface area contributed by atoms with Crippen LogP contribution in [0.2, 0.25) is 0 Å². The number of amides is 1. The fourth-order valence-corrected chi connectivity index (χ4v) is 3.26. The topological polar surface area (TPSA) is 74.8 Å². The lowest BCUT2D eigenvalue weighted by Crippen LogP contribution is -2.41. The van der Waals surface area contributed by atoms with Crippen LogP contribution in [0.4, 0.5) is 4.39 Å². The van der Waals surface area contributed by atoms with Crippen LogP contribution in [0.1, 0.15) is 34.7 Å². The predicted octanol–water partition coefficient (Wildman–Crippen LogP) is 3.17. The molecule has 0 saturated carbocycles. The lowest BCUT2D eigenvalue weighted by Gasteiger charge is -2.33. The van der Waals surface area contributed by atoms with E-state index in [-0.39, 0.29) is 17.2 Å². The van der Waals surface area contributed by atoms with E-state index in [1.807, 2.05) is 43.3 Å². The molecule has 0 aliphatic carbocycles. The molecule has 1 aliphatic rings. The van der Waals surface area contributed by atoms with Gasteiger partial charge in [0, 0.05) is 12.1 Å². The molecule has 27 heavy (non-hydrogen) atoms. The van der Waals surface area contributed by atoms with E-state index in [4.69, 9.17) is 5.26 Å². The average molecular weight is 361 g/mol. The third-order valence-corrected chi connectivity index (χ3v) is 4.72. The molecular formula is C20H16FN5O. The van der Waals surface area contributed by atoms with Gasteiger partial charge in [-0.05, 0) is 25.1 Å². The molecule has 1 aromatic heterocycles. The van der Waals surface area contributed by atoms with Crippen LogP contribution < -0.4 is 0 Å². The monoisotopic (exact) mass is 361 g/mol. The van der Waals surface area contributed by atoms with Crippen LogP contribution in [0.15, 0.2) is 48.5 Å². The maximum absolute atomic E-state index is 14.3. The summed E-state index contributed by atoms with van der Waals surface area (Å²) >= 11 is 0. The highest BCUT2D eigenvalue weighted by atomic mass is 19.1. The number of carbonyl (C=O) groups is 1. The van der Waals surface area contributed by atoms with Crippen LogP contribution in [0.25, 0.3) is 11.4 Å². The Morgan fingerprint density at radius 2 is 2.00 bits per heavy atom. The highest BCUT2D eigenvalue weighted by Crippen LogP contribution is 2.28. The SMILES string of the molecule is C[C@H]1c2nc(-c3ccccc3)nn2CCN1C(=O)c1ccc(C#N)cc1F. The molecule has 0 saturated heterocycles. The first-order chi connectivity index (χ1) is 13.1. The minimum Gasteiger partial charge on any atom is -0.327 e. The van der Waals surface area contributed by atoms with Gasteiger partial charge in [-0.1, -0.05) is 30.3 Å². The summed E-state index contributed by atoms with van der Waals surface area (Å²) in [5.74, 6) is 0.169. The van der Waals surface area contributed by atoms with Gasteiger partial charge in [0.2, 0.25) is 0 Å². The molecule has 0 fully saturated rings. The molecule has 1 aliphatic heterocycles. The number of hydrogen-bond donors (Lipinski definition) is 0. The summed E-state index contributed by atoms with van der Waals surface area (Å²) < 4.78 is 16.1. The molecule has 1 amide bonds. The number of aromatic nitrogens is 3. The average Bonchev–Trinajstić information content (AvgIpc) is 3.14. The smallest absolute Gasteiger partial charge is 0.257 e. The third kappa shape index (κ3) is 2.95. The summed E-state index contributed by atoms with van der Waals surface area (Å²) in [4.78, 5) is 19.0. The zero-order chi connectivity index (χ0) is 19.0. The van der Waals surface area contributed by atoms with Gasteiger partial charge in [0.05, 0.1) is 29.8 Å². The van der Waals surface area contributed by atoms with Crippen molar-refractivity contribution in [3.63, 3.8) is 0 Å². The van der Waals surface area contributed by atoms with Crippen LogP contribution in [0.3, 0.4) is 0 Å². The van der Waals surface area contributed by atoms with Gasteiger partial charge in [-0.15, -0.1) is 0 Å². The van der Waals surface area contributed by atoms with E-state index in [0.717, 1.165) is 11.6 Å². The normalized spacial score (nSPS) is 15.9. The number of hydrogen-bond acceptors (Lipinski definition) is 4. The van der Waals surface area contributed by atoms with Gasteiger partial charge in [-0.25, -0.2) is 14.1 Å². The fourth-order valence-electron chi connectivity index (χ4n) is 3.26. The van der Waals surface area contributed by atoms with Gasteiger partial charge in [-0.3, -0.25) is 4.79 Å². The Bertz CT molecular complexity index is 1050. The Labute approximate surface area is 155 Å². The fraction of sp³-hybridized carbons (Fsp3) is 0.200. The largest absolute Gasteiger partial charge is 0.327 e. The van der Waals surface area contributed by atoms with Crippen molar-refractivity contribution in [3.8, 4) is 17.5 Å². The van der Waals surface area contributed by atoms with Crippen molar-refractivity contribution in [1.82, 2.24) is 19.7 Å². The van der Waals surface area contributed by atoms with E-state index in [1.165, 1.54) is 12.1 Å². The molecule has 0 radical (unpaired) electrons. The van der Waals surface area contributed by atoms with Crippen molar-refractivity contribution in [1.29, 1.82) is 5.26 Å². The highest BCUT2D eigenvalue weighted by molar-refractivity contribution is 5.95. The molecule has 6 nitrogen and oxygen atoms in total. The number of fused-ring (bicyclic) bond motifs is 1. The summed E-state index contributed by atoms with van der Waals surface area (Å²) in [5.41, 5.74) is 1.04. The molecule has 0 N–H and O–H groups in total. The zero-order valence-corrected chi connectivity index (χ0v) is 14.6. The minimum atomic E-state index is -0.691. The molecule has 2 heterocycles. The maximum atomic E-state index is 14.3. The van der Waals surface area contributed by atoms with Crippen molar-refractivity contribution in [3.05, 3.63) is 71.3 Å². The number of nitrogens with zero attached hydrogens (tertiary/aromatic N) is 5. The second-order valence-electron chi connectivity index (χ2n) is 6.36. The molecule has 0 bridgehead atoms. The van der Waals surface area contributed by atoms with Crippen LogP contribution in [0.5, 0.6) is 0 Å². The molecule has 2 aromatic carbocycles. The number of rotatable bonds is 2. The van der Waals surface area contributed by atoms with Crippen molar-refractivity contribution in [2.75, 3.05) is 6.54 Å². The molecule has 0 unspecified atom stereocenters. The quantitative estimate of drug-likeness (QED) is 0.703. The molecular weight excluding hydrogens is 345 g/mol. The first-order valence-corrected chi connectivity index (χ1v) is 8.59. The minimum absolute atomic E-state index is 0.0444. The van der Waals surface area contributed by atoms with Crippen LogP contribution >= 0.6 is 0 Å². The summed E-state index contributed by atoms with van der Waals surface area (Å²) in [6, 6.07) is 15.0. The summed E-state index contributed by atoms with van der Waals surface area (Å²) in [6.07, 6.45) is 0. The van der Waals surface area contributed by atoms with Gasteiger partial charge < -0.3 is 4.90 Å². The first kappa shape index (κ1) is 16.9. The van der Waals surface area contributed by atoms with E-state index < -0.39 is 11.7 Å². The first-order valence-electron chi connectivity index (χ1n) is 8.59. The Kier molecular flexibility index (Phi) is 4.16. The van der Waals surface area contributed by atoms with Crippen LogP contribution in [0, 0.1) is 17.1 Å². The van der Waals surface area contributed by atoms with Gasteiger partial charge in [-0.2, -0.15) is 10.4 Å². The van der Waals surface area contributed by atoms with Gasteiger partial charge in [0.1, 0.15) is 11.6 Å². The van der Waals surface area contributed by atoms with Crippen molar-refractivity contribution in [2.24, 2.45) is 0 Å². The van der Waals surface area contributed by atoms with Gasteiger partial charge in [0.25, 0.3) is 5.91 Å². The van der Waals surface area contributed by atoms with Crippen molar-refractivity contribution in [2.45, 2.75) is 19.5 Å². The Balaban J connectivity index is 1.64. The lowest BCUT2D eigenvalue weighted by molar-refractivity contribution is 0.0626. The molecule has 7 heteroatoms. The van der Waals surface area contributed by atoms with Crippen LogP contribution in [-0.2, 0) is 6.54 Å². The lowest BCUT2D eigenvalue weighted by atomic mass is 10.1. The van der Waals surface area contributed by atoms with Gasteiger partial charge in [0.15, 0.2) is 5.82 Å². The van der Waals surface area contributed by atoms with Crippen LogP contribution in [-0.4, -0.2) is 32.1 Å². The third-order valence-electron chi connectivity index (χ3n) is 4.72. The van der Waals surface area contributed by atoms with Crippen molar-refractivity contribution >= 4 is 5.91 Å². The second-order valence-corrected chi connectivity index (χ2v) is 6.36. The standard InChI is InChI=1S/C20H16FN5O/c1-13-19-23-18(15-5-3-2-4-6-15)24-26(19)10-9-25(13)20(27)16-8-7-14(12-22)11-17(16)21/h2-8,11,13H,9-10H2,1H3/t13-/m0/s1. The maximum Gasteiger partial charge on any atom is 0.257 e. The molecule has 4 rings (SSSR count). The molecule has 1 atom stereocenters. The molecule has 134 valence electrons. The van der Waals surface area contributed by atoms with E-state index in [2.05, 4.69) is 10.1 Å². The Morgan fingerprint density at radius 1 is 1.22 bits per heavy atom. The summed E-state index contributed by atoms with van der Waals surface area (Å²) in [7, 11) is 0. The molecule has 0 spiro atoms.